The highest BCUT2D eigenvalue weighted by molar-refractivity contribution is 5.80. The molecule has 2 fully saturated rings. The van der Waals surface area contributed by atoms with Crippen molar-refractivity contribution in [2.45, 2.75) is 85.2 Å². The van der Waals surface area contributed by atoms with E-state index in [-0.39, 0.29) is 17.8 Å². The number of nitrogens with zero attached hydrogens (tertiary/aromatic N) is 1. The van der Waals surface area contributed by atoms with Crippen LogP contribution in [0.15, 0.2) is 0 Å². The Hall–Kier alpha value is -0.610. The zero-order valence-electron chi connectivity index (χ0n) is 18.4. The van der Waals surface area contributed by atoms with Crippen LogP contribution in [0.2, 0.25) is 0 Å². The summed E-state index contributed by atoms with van der Waals surface area (Å²) >= 11 is 0. The van der Waals surface area contributed by atoms with E-state index in [9.17, 15) is 9.90 Å². The van der Waals surface area contributed by atoms with Crippen LogP contribution in [0.3, 0.4) is 0 Å². The molecule has 27 heavy (non-hydrogen) atoms. The molecule has 158 valence electrons. The second kappa shape index (κ2) is 10.2. The normalized spacial score (nSPS) is 32.3. The van der Waals surface area contributed by atoms with Gasteiger partial charge in [-0.2, -0.15) is 0 Å². The standard InChI is InChI=1S/C23H43NO3/c1-6-24(7-2)15-16-27-22(25)23(26,20-11-9-8-10-12-20)21-18(4)14-13-17(3)19(21)5/h17-21,26H,6-16H2,1-5H3/t17-,18+,19-,21+,23-/m0/s1. The van der Waals surface area contributed by atoms with Gasteiger partial charge < -0.3 is 14.7 Å². The third kappa shape index (κ3) is 5.06. The molecule has 2 saturated carbocycles. The van der Waals surface area contributed by atoms with Crippen molar-refractivity contribution < 1.29 is 14.6 Å². The number of aliphatic hydroxyl groups is 1. The third-order valence-electron chi connectivity index (χ3n) is 7.75. The summed E-state index contributed by atoms with van der Waals surface area (Å²) < 4.78 is 5.75. The number of esters is 1. The minimum absolute atomic E-state index is 0.00491. The molecule has 0 saturated heterocycles. The van der Waals surface area contributed by atoms with E-state index in [0.717, 1.165) is 51.7 Å². The van der Waals surface area contributed by atoms with Crippen LogP contribution in [0.5, 0.6) is 0 Å². The van der Waals surface area contributed by atoms with E-state index in [1.807, 2.05) is 0 Å². The molecule has 4 heteroatoms. The molecule has 2 rings (SSSR count). The average Bonchev–Trinajstić information content (AvgIpc) is 2.68. The molecule has 0 amide bonds. The van der Waals surface area contributed by atoms with Crippen LogP contribution in [0, 0.1) is 29.6 Å². The first-order valence-corrected chi connectivity index (χ1v) is 11.5. The Morgan fingerprint density at radius 1 is 1.00 bits per heavy atom. The maximum atomic E-state index is 13.3. The molecule has 0 aromatic heterocycles. The Morgan fingerprint density at radius 3 is 2.19 bits per heavy atom. The average molecular weight is 382 g/mol. The summed E-state index contributed by atoms with van der Waals surface area (Å²) in [7, 11) is 0. The van der Waals surface area contributed by atoms with Crippen molar-refractivity contribution in [3.8, 4) is 0 Å². The second-order valence-electron chi connectivity index (χ2n) is 9.24. The van der Waals surface area contributed by atoms with Crippen LogP contribution >= 0.6 is 0 Å². The van der Waals surface area contributed by atoms with Gasteiger partial charge in [-0.05, 0) is 49.6 Å². The number of likely N-dealkylation sites (N-methyl/N-ethyl adjacent to an activating group) is 1. The molecule has 2 aliphatic rings. The number of carbonyl (C=O) groups excluding carboxylic acids is 1. The Balaban J connectivity index is 2.20. The summed E-state index contributed by atoms with van der Waals surface area (Å²) in [6.07, 6.45) is 7.64. The topological polar surface area (TPSA) is 49.8 Å². The van der Waals surface area contributed by atoms with Crippen LogP contribution in [-0.2, 0) is 9.53 Å². The highest BCUT2D eigenvalue weighted by Gasteiger charge is 2.56. The number of rotatable bonds is 8. The minimum Gasteiger partial charge on any atom is -0.462 e. The van der Waals surface area contributed by atoms with E-state index in [1.165, 1.54) is 12.8 Å². The van der Waals surface area contributed by atoms with Gasteiger partial charge in [-0.3, -0.25) is 0 Å². The van der Waals surface area contributed by atoms with Gasteiger partial charge in [-0.1, -0.05) is 66.7 Å². The van der Waals surface area contributed by atoms with E-state index in [1.54, 1.807) is 0 Å². The minimum atomic E-state index is -1.32. The van der Waals surface area contributed by atoms with E-state index >= 15 is 0 Å². The van der Waals surface area contributed by atoms with E-state index in [0.29, 0.717) is 24.4 Å². The lowest BCUT2D eigenvalue weighted by Crippen LogP contribution is -2.59. The van der Waals surface area contributed by atoms with E-state index in [4.69, 9.17) is 4.74 Å². The Bertz CT molecular complexity index is 459. The molecule has 2 aliphatic carbocycles. The van der Waals surface area contributed by atoms with Crippen molar-refractivity contribution in [3.05, 3.63) is 0 Å². The molecule has 0 aromatic rings. The second-order valence-corrected chi connectivity index (χ2v) is 9.24. The lowest BCUT2D eigenvalue weighted by molar-refractivity contribution is -0.195. The van der Waals surface area contributed by atoms with Crippen molar-refractivity contribution in [3.63, 3.8) is 0 Å². The van der Waals surface area contributed by atoms with Gasteiger partial charge >= 0.3 is 5.97 Å². The van der Waals surface area contributed by atoms with Crippen molar-refractivity contribution in [2.24, 2.45) is 29.6 Å². The van der Waals surface area contributed by atoms with Gasteiger partial charge in [0.25, 0.3) is 0 Å². The largest absolute Gasteiger partial charge is 0.462 e. The summed E-state index contributed by atoms with van der Waals surface area (Å²) in [5, 5.41) is 12.0. The van der Waals surface area contributed by atoms with Gasteiger partial charge in [0, 0.05) is 12.5 Å². The monoisotopic (exact) mass is 381 g/mol. The Morgan fingerprint density at radius 2 is 1.59 bits per heavy atom. The molecule has 0 spiro atoms. The maximum absolute atomic E-state index is 13.3. The molecule has 1 N–H and O–H groups in total. The first-order chi connectivity index (χ1) is 12.9. The summed E-state index contributed by atoms with van der Waals surface area (Å²) in [6.45, 7) is 14.0. The number of hydrogen-bond donors (Lipinski definition) is 1. The zero-order valence-corrected chi connectivity index (χ0v) is 18.4. The molecule has 0 unspecified atom stereocenters. The van der Waals surface area contributed by atoms with Crippen molar-refractivity contribution in [2.75, 3.05) is 26.2 Å². The predicted molar refractivity (Wildman–Crippen MR) is 110 cm³/mol. The number of hydrogen-bond acceptors (Lipinski definition) is 4. The molecule has 0 aliphatic heterocycles. The molecule has 0 bridgehead atoms. The fourth-order valence-corrected chi connectivity index (χ4v) is 5.72. The lowest BCUT2D eigenvalue weighted by atomic mass is 9.57. The zero-order chi connectivity index (χ0) is 20.0. The van der Waals surface area contributed by atoms with Crippen LogP contribution in [-0.4, -0.2) is 47.8 Å². The Labute approximate surface area is 167 Å². The summed E-state index contributed by atoms with van der Waals surface area (Å²) in [5.74, 6) is 0.955. The van der Waals surface area contributed by atoms with Gasteiger partial charge in [0.05, 0.1) is 0 Å². The molecule has 0 heterocycles. The van der Waals surface area contributed by atoms with Gasteiger partial charge in [0.15, 0.2) is 5.60 Å². The molecule has 0 radical (unpaired) electrons. The van der Waals surface area contributed by atoms with Crippen LogP contribution < -0.4 is 0 Å². The molecule has 0 aromatic carbocycles. The molecule has 4 nitrogen and oxygen atoms in total. The van der Waals surface area contributed by atoms with Crippen LogP contribution in [0.1, 0.15) is 79.6 Å². The molecule has 5 atom stereocenters. The number of carbonyl (C=O) groups is 1. The molecular weight excluding hydrogens is 338 g/mol. The van der Waals surface area contributed by atoms with Gasteiger partial charge in [-0.25, -0.2) is 4.79 Å². The van der Waals surface area contributed by atoms with Gasteiger partial charge in [0.2, 0.25) is 0 Å². The van der Waals surface area contributed by atoms with E-state index in [2.05, 4.69) is 39.5 Å². The fraction of sp³-hybridized carbons (Fsp3) is 0.957. The third-order valence-corrected chi connectivity index (χ3v) is 7.75. The van der Waals surface area contributed by atoms with Crippen molar-refractivity contribution in [1.82, 2.24) is 4.90 Å². The van der Waals surface area contributed by atoms with Crippen LogP contribution in [0.4, 0.5) is 0 Å². The first-order valence-electron chi connectivity index (χ1n) is 11.5. The van der Waals surface area contributed by atoms with Crippen molar-refractivity contribution in [1.29, 1.82) is 0 Å². The quantitative estimate of drug-likeness (QED) is 0.629. The van der Waals surface area contributed by atoms with Crippen LogP contribution in [0.25, 0.3) is 0 Å². The molecular formula is C23H43NO3. The first kappa shape index (κ1) is 22.7. The highest BCUT2D eigenvalue weighted by atomic mass is 16.5. The fourth-order valence-electron chi connectivity index (χ4n) is 5.72. The SMILES string of the molecule is CCN(CC)CCOC(=O)[C@](O)(C1CCCCC1)[C@H]1[C@@H](C)[C@@H](C)CC[C@H]1C. The number of ether oxygens (including phenoxy) is 1. The summed E-state index contributed by atoms with van der Waals surface area (Å²) in [5.41, 5.74) is -1.32. The smallest absolute Gasteiger partial charge is 0.338 e. The Kier molecular flexibility index (Phi) is 8.61. The van der Waals surface area contributed by atoms with Gasteiger partial charge in [-0.15, -0.1) is 0 Å². The highest BCUT2D eigenvalue weighted by Crippen LogP contribution is 2.49. The van der Waals surface area contributed by atoms with Crippen molar-refractivity contribution >= 4 is 5.97 Å². The lowest BCUT2D eigenvalue weighted by Gasteiger charge is -2.50. The van der Waals surface area contributed by atoms with Gasteiger partial charge in [0.1, 0.15) is 6.61 Å². The predicted octanol–water partition coefficient (Wildman–Crippen LogP) is 4.50. The maximum Gasteiger partial charge on any atom is 0.338 e. The van der Waals surface area contributed by atoms with E-state index < -0.39 is 5.60 Å². The summed E-state index contributed by atoms with van der Waals surface area (Å²) in [6, 6.07) is 0. The summed E-state index contributed by atoms with van der Waals surface area (Å²) in [4.78, 5) is 15.6.